The van der Waals surface area contributed by atoms with Crippen LogP contribution in [0.3, 0.4) is 0 Å². The van der Waals surface area contributed by atoms with Crippen LogP contribution in [-0.4, -0.2) is 146 Å². The number of ether oxygens (including phenoxy) is 5. The Morgan fingerprint density at radius 3 is 1.62 bits per heavy atom. The van der Waals surface area contributed by atoms with Crippen LogP contribution in [0.2, 0.25) is 0 Å². The summed E-state index contributed by atoms with van der Waals surface area (Å²) in [6, 6.07) is 25.0. The van der Waals surface area contributed by atoms with E-state index in [0.717, 1.165) is 11.3 Å². The van der Waals surface area contributed by atoms with Crippen molar-refractivity contribution >= 4 is 52.2 Å². The van der Waals surface area contributed by atoms with Crippen molar-refractivity contribution in [1.82, 2.24) is 43.4 Å². The van der Waals surface area contributed by atoms with Crippen LogP contribution in [0.4, 0.5) is 23.0 Å². The molecule has 6 heterocycles. The second-order valence-corrected chi connectivity index (χ2v) is 17.5. The van der Waals surface area contributed by atoms with Crippen LogP contribution in [0, 0.1) is 0 Å². The quantitative estimate of drug-likeness (QED) is 0.0734. The number of carbonyl (C=O) groups is 3. The van der Waals surface area contributed by atoms with E-state index in [2.05, 4.69) is 20.6 Å². The molecule has 4 aromatic carbocycles. The van der Waals surface area contributed by atoms with Gasteiger partial charge in [-0.15, -0.1) is 0 Å². The Morgan fingerprint density at radius 2 is 1.10 bits per heavy atom. The minimum atomic E-state index is -0.929. The van der Waals surface area contributed by atoms with Crippen molar-refractivity contribution in [3.8, 4) is 45.5 Å². The zero-order chi connectivity index (χ0) is 50.6. The van der Waals surface area contributed by atoms with Crippen molar-refractivity contribution in [2.45, 2.75) is 25.1 Å². The Labute approximate surface area is 419 Å². The van der Waals surface area contributed by atoms with Gasteiger partial charge in [-0.2, -0.15) is 0 Å². The Balaban J connectivity index is 0.831. The number of anilines is 4. The number of nitrogens with one attached hydrogen (secondary N) is 2. The minimum absolute atomic E-state index is 0.156. The van der Waals surface area contributed by atoms with E-state index in [9.17, 15) is 19.5 Å². The molecular formula is C53H53N11O9. The molecule has 10 rings (SSSR count). The van der Waals surface area contributed by atoms with Gasteiger partial charge in [-0.05, 0) is 61.4 Å². The van der Waals surface area contributed by atoms with Gasteiger partial charge in [-0.25, -0.2) is 29.5 Å². The van der Waals surface area contributed by atoms with Gasteiger partial charge in [0.1, 0.15) is 0 Å². The third-order valence-electron chi connectivity index (χ3n) is 13.0. The fourth-order valence-corrected chi connectivity index (χ4v) is 9.24. The van der Waals surface area contributed by atoms with Gasteiger partial charge in [0.15, 0.2) is 52.1 Å². The highest BCUT2D eigenvalue weighted by Gasteiger charge is 2.39. The smallest absolute Gasteiger partial charge is 0.346 e. The van der Waals surface area contributed by atoms with Gasteiger partial charge in [-0.1, -0.05) is 24.3 Å². The lowest BCUT2D eigenvalue weighted by Gasteiger charge is -2.43. The molecule has 2 aliphatic rings. The largest absolute Gasteiger partial charge is 0.493 e. The van der Waals surface area contributed by atoms with Gasteiger partial charge in [0.25, 0.3) is 5.91 Å². The molecule has 1 atom stereocenters. The average molecular weight is 988 g/mol. The molecule has 20 heteroatoms. The number of amides is 1. The number of carbonyl (C=O) groups excluding carboxylic acids is 3. The lowest BCUT2D eigenvalue weighted by atomic mass is 10.1. The summed E-state index contributed by atoms with van der Waals surface area (Å²) in [6.45, 7) is 2.14. The van der Waals surface area contributed by atoms with E-state index >= 15 is 0 Å². The molecule has 1 unspecified atom stereocenters. The van der Waals surface area contributed by atoms with Crippen LogP contribution < -0.4 is 29.6 Å². The fraction of sp³-hybridized carbons (Fsp3) is 0.264. The maximum atomic E-state index is 14.3. The molecule has 20 nitrogen and oxygen atoms in total. The number of imidazole rings is 2. The Hall–Kier alpha value is -8.59. The van der Waals surface area contributed by atoms with E-state index in [4.69, 9.17) is 33.7 Å². The van der Waals surface area contributed by atoms with Crippen molar-refractivity contribution in [2.75, 3.05) is 78.3 Å². The molecule has 3 N–H and O–H groups in total. The molecule has 0 spiro atoms. The van der Waals surface area contributed by atoms with Crippen molar-refractivity contribution in [2.24, 2.45) is 0 Å². The van der Waals surface area contributed by atoms with Crippen LogP contribution in [0.5, 0.6) is 23.0 Å². The third-order valence-corrected chi connectivity index (χ3v) is 13.0. The number of hydrogen-bond acceptors (Lipinski definition) is 17. The molecule has 8 aromatic rings. The number of likely N-dealkylation sites (tertiary alicyclic amines) is 1. The fourth-order valence-electron chi connectivity index (χ4n) is 9.24. The number of piperazine rings is 1. The molecule has 73 heavy (non-hydrogen) atoms. The topological polar surface area (TPSA) is 212 Å². The standard InChI is InChI=1S/C53H53N11O9/c1-69-42-13-11-37(29-44(42)71-3)56-46-48-54-17-21-63(48)31-40(58-46)33-7-5-9-35(27-33)51(66)62-25-23-61(24-26-62)50(60-19-15-39(65)16-20-60)53(68)73-52(67)36-10-6-8-34(28-36)41-32-64-22-18-55-49(64)47(59-41)57-38-12-14-43(70-2)45(30-38)72-4/h5-14,17-18,21-22,27-32,39,50,65H,15-16,19-20,23-26H2,1-4H3,(H,56,58)(H,57,59). The number of aliphatic hydroxyl groups excluding tert-OH is 1. The number of esters is 2. The zero-order valence-electron chi connectivity index (χ0n) is 40.6. The summed E-state index contributed by atoms with van der Waals surface area (Å²) in [5.41, 5.74) is 5.70. The summed E-state index contributed by atoms with van der Waals surface area (Å²) < 4.78 is 31.2. The molecule has 2 saturated heterocycles. The van der Waals surface area contributed by atoms with Crippen molar-refractivity contribution in [3.63, 3.8) is 0 Å². The summed E-state index contributed by atoms with van der Waals surface area (Å²) in [4.78, 5) is 66.9. The first-order valence-corrected chi connectivity index (χ1v) is 23.7. The maximum absolute atomic E-state index is 14.3. The molecule has 1 amide bonds. The van der Waals surface area contributed by atoms with E-state index < -0.39 is 24.2 Å². The highest BCUT2D eigenvalue weighted by atomic mass is 16.6. The Kier molecular flexibility index (Phi) is 13.8. The number of hydrogen-bond donors (Lipinski definition) is 3. The molecular weight excluding hydrogens is 935 g/mol. The number of rotatable bonds is 15. The molecule has 0 saturated carbocycles. The first-order chi connectivity index (χ1) is 35.6. The monoisotopic (exact) mass is 987 g/mol. The second-order valence-electron chi connectivity index (χ2n) is 17.5. The van der Waals surface area contributed by atoms with Crippen LogP contribution in [0.1, 0.15) is 33.6 Å². The SMILES string of the molecule is COc1ccc(Nc2nc(-c3cccc(C(=O)OC(=O)C(N4CCC(O)CC4)N4CCN(C(=O)c5cccc(-c6cn7ccnc7c(Nc7ccc(OC)c(OC)c7)n6)c5)CC4)c3)cn3ccnc23)cc1OC. The molecule has 0 aliphatic carbocycles. The van der Waals surface area contributed by atoms with Crippen LogP contribution in [-0.2, 0) is 9.53 Å². The highest BCUT2D eigenvalue weighted by Crippen LogP contribution is 2.34. The minimum Gasteiger partial charge on any atom is -0.493 e. The molecule has 0 bridgehead atoms. The molecule has 374 valence electrons. The summed E-state index contributed by atoms with van der Waals surface area (Å²) in [5.74, 6) is 1.50. The highest BCUT2D eigenvalue weighted by molar-refractivity contribution is 5.99. The summed E-state index contributed by atoms with van der Waals surface area (Å²) in [7, 11) is 6.28. The summed E-state index contributed by atoms with van der Waals surface area (Å²) >= 11 is 0. The molecule has 2 aliphatic heterocycles. The predicted molar refractivity (Wildman–Crippen MR) is 271 cm³/mol. The van der Waals surface area contributed by atoms with E-state index in [0.29, 0.717) is 126 Å². The van der Waals surface area contributed by atoms with E-state index in [1.807, 2.05) is 73.5 Å². The van der Waals surface area contributed by atoms with E-state index in [-0.39, 0.29) is 11.5 Å². The lowest BCUT2D eigenvalue weighted by Crippen LogP contribution is -2.61. The molecule has 4 aromatic heterocycles. The first-order valence-electron chi connectivity index (χ1n) is 23.7. The van der Waals surface area contributed by atoms with Gasteiger partial charge in [0.2, 0.25) is 0 Å². The van der Waals surface area contributed by atoms with Gasteiger partial charge >= 0.3 is 11.9 Å². The zero-order valence-corrected chi connectivity index (χ0v) is 40.6. The Morgan fingerprint density at radius 1 is 0.603 bits per heavy atom. The first kappa shape index (κ1) is 48.1. The van der Waals surface area contributed by atoms with Gasteiger partial charge in [0, 0.05) is 117 Å². The van der Waals surface area contributed by atoms with Crippen LogP contribution in [0.15, 0.2) is 122 Å². The molecule has 0 radical (unpaired) electrons. The Bertz CT molecular complexity index is 3330. The third kappa shape index (κ3) is 10.2. The number of piperidine rings is 1. The number of methoxy groups -OCH3 is 4. The van der Waals surface area contributed by atoms with Crippen LogP contribution in [0.25, 0.3) is 33.8 Å². The van der Waals surface area contributed by atoms with Gasteiger partial charge in [0.05, 0.1) is 51.5 Å². The van der Waals surface area contributed by atoms with Crippen LogP contribution >= 0.6 is 0 Å². The predicted octanol–water partition coefficient (Wildman–Crippen LogP) is 6.55. The number of aromatic nitrogens is 6. The van der Waals surface area contributed by atoms with E-state index in [1.165, 1.54) is 0 Å². The van der Waals surface area contributed by atoms with E-state index in [1.54, 1.807) is 101 Å². The van der Waals surface area contributed by atoms with Crippen molar-refractivity contribution < 1.29 is 43.2 Å². The van der Waals surface area contributed by atoms with Crippen molar-refractivity contribution in [1.29, 1.82) is 0 Å². The number of fused-ring (bicyclic) bond motifs is 2. The van der Waals surface area contributed by atoms with Gasteiger partial charge in [-0.3, -0.25) is 14.6 Å². The number of aliphatic hydroxyl groups is 1. The lowest BCUT2D eigenvalue weighted by molar-refractivity contribution is -0.155. The molecule has 2 fully saturated rings. The summed E-state index contributed by atoms with van der Waals surface area (Å²) in [6.07, 6.45) is 10.1. The maximum Gasteiger partial charge on any atom is 0.346 e. The average Bonchev–Trinajstić information content (AvgIpc) is 4.12. The number of benzene rings is 4. The number of nitrogens with zero attached hydrogens (tertiary/aromatic N) is 9. The normalized spacial score (nSPS) is 14.9. The van der Waals surface area contributed by atoms with Crippen molar-refractivity contribution in [3.05, 3.63) is 133 Å². The van der Waals surface area contributed by atoms with Gasteiger partial charge < -0.3 is 53.1 Å². The second kappa shape index (κ2) is 21.0. The summed E-state index contributed by atoms with van der Waals surface area (Å²) in [5, 5.41) is 17.1.